The lowest BCUT2D eigenvalue weighted by Crippen LogP contribution is -2.54. The van der Waals surface area contributed by atoms with E-state index in [0.717, 1.165) is 65.1 Å². The van der Waals surface area contributed by atoms with Crippen molar-refractivity contribution in [2.45, 2.75) is 61.3 Å². The number of hydrogen-bond acceptors (Lipinski definition) is 0. The lowest BCUT2D eigenvalue weighted by atomic mass is 9.46. The summed E-state index contributed by atoms with van der Waals surface area (Å²) in [5.74, 6) is 10.7. The van der Waals surface area contributed by atoms with Crippen LogP contribution in [0.15, 0.2) is 0 Å². The van der Waals surface area contributed by atoms with Crippen LogP contribution in [0.4, 0.5) is 0 Å². The van der Waals surface area contributed by atoms with Gasteiger partial charge in [0, 0.05) is 0 Å². The molecular formula is C20H36. The van der Waals surface area contributed by atoms with Crippen LogP contribution in [0.2, 0.25) is 0 Å². The van der Waals surface area contributed by atoms with E-state index in [1.807, 2.05) is 0 Å². The molecule has 0 spiro atoms. The molecule has 0 nitrogen and oxygen atoms in total. The average Bonchev–Trinajstić information content (AvgIpc) is 2.80. The first kappa shape index (κ1) is 14.9. The third-order valence-electron chi connectivity index (χ3n) is 8.81. The molecule has 11 atom stereocenters. The van der Waals surface area contributed by atoms with Gasteiger partial charge < -0.3 is 0 Å². The summed E-state index contributed by atoms with van der Waals surface area (Å²) in [5, 5.41) is 0. The second-order valence-corrected chi connectivity index (χ2v) is 9.11. The van der Waals surface area contributed by atoms with Crippen LogP contribution in [0.5, 0.6) is 0 Å². The Balaban J connectivity index is 2.00. The van der Waals surface area contributed by atoms with Crippen molar-refractivity contribution in [3.05, 3.63) is 0 Å². The van der Waals surface area contributed by atoms with Crippen molar-refractivity contribution in [3.63, 3.8) is 0 Å². The van der Waals surface area contributed by atoms with Gasteiger partial charge in [-0.15, -0.1) is 0 Å². The average molecular weight is 277 g/mol. The molecule has 11 unspecified atom stereocenters. The first-order valence-electron chi connectivity index (χ1n) is 9.36. The van der Waals surface area contributed by atoms with Gasteiger partial charge in [0.25, 0.3) is 0 Å². The van der Waals surface area contributed by atoms with Gasteiger partial charge in [0.1, 0.15) is 0 Å². The molecule has 3 rings (SSSR count). The molecule has 3 saturated carbocycles. The molecule has 0 aliphatic heterocycles. The zero-order valence-electron chi connectivity index (χ0n) is 14.8. The minimum absolute atomic E-state index is 0.911. The van der Waals surface area contributed by atoms with E-state index in [1.165, 1.54) is 12.8 Å². The standard InChI is InChI=1S/C20H36/c1-10-8-9-17-13(4)16(7)19-14(5)11(2)12(3)15(6)20(19)18(10)17/h10-20H,8-9H2,1-7H3. The Bertz CT molecular complexity index is 359. The predicted molar refractivity (Wildman–Crippen MR) is 87.3 cm³/mol. The summed E-state index contributed by atoms with van der Waals surface area (Å²) in [6.07, 6.45) is 3.02. The molecule has 0 heteroatoms. The predicted octanol–water partition coefficient (Wildman–Crippen LogP) is 5.72. The van der Waals surface area contributed by atoms with Crippen molar-refractivity contribution >= 4 is 0 Å². The first-order valence-corrected chi connectivity index (χ1v) is 9.36. The van der Waals surface area contributed by atoms with Gasteiger partial charge >= 0.3 is 0 Å². The molecular weight excluding hydrogens is 240 g/mol. The smallest absolute Gasteiger partial charge is 0.0318 e. The summed E-state index contributed by atoms with van der Waals surface area (Å²) in [6, 6.07) is 0. The topological polar surface area (TPSA) is 0 Å². The van der Waals surface area contributed by atoms with Crippen molar-refractivity contribution in [1.82, 2.24) is 0 Å². The highest BCUT2D eigenvalue weighted by Gasteiger charge is 2.57. The minimum Gasteiger partial charge on any atom is -0.0622 e. The van der Waals surface area contributed by atoms with Crippen LogP contribution in [0.1, 0.15) is 61.3 Å². The Morgan fingerprint density at radius 3 is 1.55 bits per heavy atom. The van der Waals surface area contributed by atoms with Crippen LogP contribution in [0.25, 0.3) is 0 Å². The maximum atomic E-state index is 2.59. The van der Waals surface area contributed by atoms with Gasteiger partial charge in [-0.25, -0.2) is 0 Å². The first-order chi connectivity index (χ1) is 9.36. The quantitative estimate of drug-likeness (QED) is 0.530. The van der Waals surface area contributed by atoms with E-state index in [2.05, 4.69) is 48.5 Å². The van der Waals surface area contributed by atoms with E-state index in [9.17, 15) is 0 Å². The summed E-state index contributed by atoms with van der Waals surface area (Å²) in [5.41, 5.74) is 0. The molecule has 20 heavy (non-hydrogen) atoms. The Morgan fingerprint density at radius 1 is 0.450 bits per heavy atom. The third kappa shape index (κ3) is 1.85. The lowest BCUT2D eigenvalue weighted by Gasteiger charge is -2.59. The van der Waals surface area contributed by atoms with E-state index in [1.54, 1.807) is 0 Å². The zero-order valence-corrected chi connectivity index (χ0v) is 14.8. The molecule has 116 valence electrons. The largest absolute Gasteiger partial charge is 0.0622 e. The molecule has 0 N–H and O–H groups in total. The highest BCUT2D eigenvalue weighted by atomic mass is 14.6. The molecule has 0 radical (unpaired) electrons. The van der Waals surface area contributed by atoms with Crippen LogP contribution in [-0.4, -0.2) is 0 Å². The summed E-state index contributed by atoms with van der Waals surface area (Å²) < 4.78 is 0. The number of rotatable bonds is 0. The second-order valence-electron chi connectivity index (χ2n) is 9.11. The Labute approximate surface area is 127 Å². The van der Waals surface area contributed by atoms with Crippen molar-refractivity contribution in [2.24, 2.45) is 65.1 Å². The van der Waals surface area contributed by atoms with E-state index in [-0.39, 0.29) is 0 Å². The van der Waals surface area contributed by atoms with E-state index < -0.39 is 0 Å². The monoisotopic (exact) mass is 276 g/mol. The Kier molecular flexibility index (Phi) is 3.75. The van der Waals surface area contributed by atoms with E-state index >= 15 is 0 Å². The molecule has 3 aliphatic carbocycles. The molecule has 0 aromatic rings. The molecule has 0 heterocycles. The van der Waals surface area contributed by atoms with Crippen LogP contribution < -0.4 is 0 Å². The Morgan fingerprint density at radius 2 is 0.950 bits per heavy atom. The van der Waals surface area contributed by atoms with Crippen LogP contribution in [-0.2, 0) is 0 Å². The fourth-order valence-electron chi connectivity index (χ4n) is 7.08. The molecule has 0 amide bonds. The molecule has 0 bridgehead atoms. The van der Waals surface area contributed by atoms with Gasteiger partial charge in [-0.2, -0.15) is 0 Å². The summed E-state index contributed by atoms with van der Waals surface area (Å²) in [6.45, 7) is 18.0. The normalized spacial score (nSPS) is 62.9. The highest BCUT2D eigenvalue weighted by molar-refractivity contribution is 5.05. The number of fused-ring (bicyclic) bond motifs is 3. The lowest BCUT2D eigenvalue weighted by molar-refractivity contribution is -0.116. The SMILES string of the molecule is CC1CCC2C(C)C(C)C3C(C)C(C)C(C)C(C)C3C12. The third-order valence-corrected chi connectivity index (χ3v) is 8.81. The molecule has 0 aromatic carbocycles. The van der Waals surface area contributed by atoms with E-state index in [0.29, 0.717) is 0 Å². The minimum atomic E-state index is 0.911. The van der Waals surface area contributed by atoms with Gasteiger partial charge in [-0.05, 0) is 71.5 Å². The number of hydrogen-bond donors (Lipinski definition) is 0. The summed E-state index contributed by atoms with van der Waals surface area (Å²) in [7, 11) is 0. The maximum Gasteiger partial charge on any atom is -0.0318 e. The molecule has 3 aliphatic rings. The fraction of sp³-hybridized carbons (Fsp3) is 1.00. The van der Waals surface area contributed by atoms with Crippen LogP contribution in [0.3, 0.4) is 0 Å². The van der Waals surface area contributed by atoms with Crippen LogP contribution >= 0.6 is 0 Å². The fourth-order valence-corrected chi connectivity index (χ4v) is 7.08. The van der Waals surface area contributed by atoms with Crippen molar-refractivity contribution in [1.29, 1.82) is 0 Å². The van der Waals surface area contributed by atoms with Gasteiger partial charge in [0.2, 0.25) is 0 Å². The van der Waals surface area contributed by atoms with E-state index in [4.69, 9.17) is 0 Å². The molecule has 3 fully saturated rings. The van der Waals surface area contributed by atoms with Crippen molar-refractivity contribution < 1.29 is 0 Å². The highest BCUT2D eigenvalue weighted by Crippen LogP contribution is 2.63. The maximum absolute atomic E-state index is 2.59. The van der Waals surface area contributed by atoms with Gasteiger partial charge in [0.15, 0.2) is 0 Å². The van der Waals surface area contributed by atoms with Crippen molar-refractivity contribution in [3.8, 4) is 0 Å². The molecule has 0 saturated heterocycles. The summed E-state index contributed by atoms with van der Waals surface area (Å²) >= 11 is 0. The Hall–Kier alpha value is 0. The van der Waals surface area contributed by atoms with Gasteiger partial charge in [-0.1, -0.05) is 54.9 Å². The summed E-state index contributed by atoms with van der Waals surface area (Å²) in [4.78, 5) is 0. The van der Waals surface area contributed by atoms with Crippen molar-refractivity contribution in [2.75, 3.05) is 0 Å². The van der Waals surface area contributed by atoms with Gasteiger partial charge in [-0.3, -0.25) is 0 Å². The zero-order chi connectivity index (χ0) is 14.8. The molecule has 0 aromatic heterocycles. The second kappa shape index (κ2) is 5.03. The van der Waals surface area contributed by atoms with Gasteiger partial charge in [0.05, 0.1) is 0 Å². The van der Waals surface area contributed by atoms with Crippen LogP contribution in [0, 0.1) is 65.1 Å².